The summed E-state index contributed by atoms with van der Waals surface area (Å²) in [6, 6.07) is 132. The van der Waals surface area contributed by atoms with Crippen molar-refractivity contribution in [3.63, 3.8) is 0 Å². The third-order valence-corrected chi connectivity index (χ3v) is 32.3. The summed E-state index contributed by atoms with van der Waals surface area (Å²) < 4.78 is 33.0. The lowest BCUT2D eigenvalue weighted by atomic mass is 9.82. The molecule has 150 heavy (non-hydrogen) atoms. The first kappa shape index (κ1) is 93.2. The average molecular weight is 1940 g/mol. The molecular weight excluding hydrogens is 1820 g/mol. The Morgan fingerprint density at radius 1 is 0.120 bits per heavy atom. The zero-order valence-corrected chi connectivity index (χ0v) is 89.2. The molecule has 30 rings (SSSR count). The third kappa shape index (κ3) is 14.6. The molecule has 5 heteroatoms. The van der Waals surface area contributed by atoms with Crippen molar-refractivity contribution in [2.75, 3.05) is 0 Å². The molecule has 0 aliphatic rings. The van der Waals surface area contributed by atoms with Gasteiger partial charge in [-0.15, -0.1) is 0 Å². The van der Waals surface area contributed by atoms with E-state index in [0.717, 1.165) is 55.8 Å². The van der Waals surface area contributed by atoms with E-state index >= 15 is 0 Å². The van der Waals surface area contributed by atoms with E-state index in [1.807, 2.05) is 0 Å². The van der Waals surface area contributed by atoms with Crippen molar-refractivity contribution in [2.45, 2.75) is 166 Å². The van der Waals surface area contributed by atoms with Gasteiger partial charge in [-0.05, 0) is 290 Å². The first-order chi connectivity index (χ1) is 72.2. The summed E-state index contributed by atoms with van der Waals surface area (Å²) in [5, 5.41) is 50.7. The van der Waals surface area contributed by atoms with Crippen molar-refractivity contribution >= 4 is 271 Å². The number of rotatable bonds is 0. The van der Waals surface area contributed by atoms with Gasteiger partial charge in [0, 0.05) is 97.8 Å². The number of fused-ring (bicyclic) bond motifs is 48. The van der Waals surface area contributed by atoms with Crippen LogP contribution in [0.3, 0.4) is 0 Å². The molecular formula is C145H120O5. The van der Waals surface area contributed by atoms with Crippen LogP contribution >= 0.6 is 0 Å². The van der Waals surface area contributed by atoms with Crippen LogP contribution in [0.4, 0.5) is 0 Å². The lowest BCUT2D eigenvalue weighted by Gasteiger charge is -2.21. The van der Waals surface area contributed by atoms with E-state index in [1.54, 1.807) is 0 Å². The predicted molar refractivity (Wildman–Crippen MR) is 648 cm³/mol. The molecule has 0 saturated heterocycles. The highest BCUT2D eigenvalue weighted by atomic mass is 16.3. The molecule has 5 heterocycles. The fourth-order valence-corrected chi connectivity index (χ4v) is 26.6. The second-order valence-electron chi connectivity index (χ2n) is 47.3. The summed E-state index contributed by atoms with van der Waals surface area (Å²) in [5.74, 6) is 0. The lowest BCUT2D eigenvalue weighted by Crippen LogP contribution is -2.13. The van der Waals surface area contributed by atoms with Crippen LogP contribution in [0.25, 0.3) is 271 Å². The van der Waals surface area contributed by atoms with Gasteiger partial charge in [0.25, 0.3) is 0 Å². The topological polar surface area (TPSA) is 65.7 Å². The molecule has 0 atom stereocenters. The van der Waals surface area contributed by atoms with Gasteiger partial charge in [0.2, 0.25) is 0 Å². The molecule has 0 spiro atoms. The van der Waals surface area contributed by atoms with E-state index in [2.05, 4.69) is 502 Å². The molecule has 25 aromatic carbocycles. The molecule has 0 N–H and O–H groups in total. The predicted octanol–water partition coefficient (Wildman–Crippen LogP) is 43.3. The zero-order chi connectivity index (χ0) is 103. The molecule has 0 saturated carbocycles. The molecule has 5 aromatic heterocycles. The fourth-order valence-electron chi connectivity index (χ4n) is 26.6. The van der Waals surface area contributed by atoms with Gasteiger partial charge < -0.3 is 22.1 Å². The molecule has 0 aliphatic carbocycles. The van der Waals surface area contributed by atoms with Gasteiger partial charge in [-0.2, -0.15) is 0 Å². The van der Waals surface area contributed by atoms with Gasteiger partial charge in [-0.3, -0.25) is 0 Å². The molecule has 0 fully saturated rings. The van der Waals surface area contributed by atoms with Gasteiger partial charge in [0.15, 0.2) is 0 Å². The summed E-state index contributed by atoms with van der Waals surface area (Å²) in [7, 11) is 0. The van der Waals surface area contributed by atoms with Crippen LogP contribution in [-0.2, 0) is 27.1 Å². The Labute approximate surface area is 872 Å². The van der Waals surface area contributed by atoms with E-state index in [-0.39, 0.29) is 27.1 Å². The molecule has 730 valence electrons. The molecule has 0 radical (unpaired) electrons. The Morgan fingerprint density at radius 2 is 0.287 bits per heavy atom. The van der Waals surface area contributed by atoms with Crippen molar-refractivity contribution < 1.29 is 22.1 Å². The number of aryl methyl sites for hydroxylation is 5. The van der Waals surface area contributed by atoms with Crippen molar-refractivity contribution in [1.82, 2.24) is 0 Å². The number of hydrogen-bond acceptors (Lipinski definition) is 5. The quantitative estimate of drug-likeness (QED) is 0.142. The average Bonchev–Trinajstić information content (AvgIpc) is 1.43. The minimum absolute atomic E-state index is 0.0159. The second-order valence-corrected chi connectivity index (χ2v) is 47.3. The van der Waals surface area contributed by atoms with E-state index in [1.165, 1.54) is 271 Å². The van der Waals surface area contributed by atoms with Crippen LogP contribution in [0.15, 0.2) is 386 Å². The van der Waals surface area contributed by atoms with Crippen LogP contribution < -0.4 is 0 Å². The van der Waals surface area contributed by atoms with Crippen LogP contribution in [-0.4, -0.2) is 0 Å². The molecule has 0 bridgehead atoms. The van der Waals surface area contributed by atoms with Gasteiger partial charge in [-0.1, -0.05) is 413 Å². The molecule has 0 unspecified atom stereocenters. The fraction of sp³-hybridized carbons (Fsp3) is 0.172. The Hall–Kier alpha value is -16.6. The van der Waals surface area contributed by atoms with Crippen molar-refractivity contribution in [2.24, 2.45) is 0 Å². The third-order valence-electron chi connectivity index (χ3n) is 32.3. The van der Waals surface area contributed by atoms with Gasteiger partial charge >= 0.3 is 0 Å². The molecule has 5 nitrogen and oxygen atoms in total. The second kappa shape index (κ2) is 34.2. The SMILES string of the molecule is Cc1ccc2c(oc3c2ccc2c4ccccc4c4ccccc4c23)c1C(C)(C)C.Cc1ccc2c(oc3cc4c5ccccc5c5ccccc5c4cc32)c1C(C)(C)C.Cc1ccc2c(oc3cc4c5ccccc5c5ccccc5c4cc32)c1C(C)(C)C.Cc1ccc2c(oc3ccc4c5ccccc5c5ccccc5c4c32)c1C(C)(C)C.Cc1ccc2c(oc3ccc4c5ccccc5c5ccccc5c4c32)c1C(C)(C)C. The Balaban J connectivity index is 0.0000000945. The Morgan fingerprint density at radius 3 is 0.553 bits per heavy atom. The molecule has 0 aliphatic heterocycles. The summed E-state index contributed by atoms with van der Waals surface area (Å²) >= 11 is 0. The monoisotopic (exact) mass is 1940 g/mol. The van der Waals surface area contributed by atoms with E-state index < -0.39 is 0 Å². The lowest BCUT2D eigenvalue weighted by molar-refractivity contribution is 0.568. The standard InChI is InChI=1S/5C29H24O/c2*1-17-13-14-22-25-15-23-20-11-7-5-9-18(20)19-10-6-8-12-21(19)24(23)16-26(25)30-28(22)27(17)29(2,3)4;1-17-13-14-24-23-16-15-22-20-11-6-5-9-18(20)19-10-7-8-12-21(19)25(22)27(23)30-28(24)26(17)29(2,3)4;2*1-17-13-14-23-26-24(30-28(23)27(17)29(2,3)4)16-15-22-20-11-6-5-9-18(20)19-10-7-8-12-21(19)25(22)26/h5*5-16H,1-4H3. The maximum atomic E-state index is 6.76. The minimum Gasteiger partial charge on any atom is -0.456 e. The van der Waals surface area contributed by atoms with E-state index in [0.29, 0.717) is 0 Å². The van der Waals surface area contributed by atoms with Gasteiger partial charge in [0.05, 0.1) is 0 Å². The highest BCUT2D eigenvalue weighted by Crippen LogP contribution is 2.53. The maximum Gasteiger partial charge on any atom is 0.143 e. The number of benzene rings is 25. The summed E-state index contributed by atoms with van der Waals surface area (Å²) in [6.45, 7) is 44.9. The van der Waals surface area contributed by atoms with Crippen LogP contribution in [0.5, 0.6) is 0 Å². The van der Waals surface area contributed by atoms with Gasteiger partial charge in [0.1, 0.15) is 55.8 Å². The summed E-state index contributed by atoms with van der Waals surface area (Å²) in [6.07, 6.45) is 0. The molecule has 0 amide bonds. The van der Waals surface area contributed by atoms with Crippen LogP contribution in [0.2, 0.25) is 0 Å². The summed E-state index contributed by atoms with van der Waals surface area (Å²) in [4.78, 5) is 0. The van der Waals surface area contributed by atoms with Gasteiger partial charge in [-0.25, -0.2) is 0 Å². The minimum atomic E-state index is 0.0159. The summed E-state index contributed by atoms with van der Waals surface area (Å²) in [5.41, 5.74) is 23.0. The Bertz CT molecular complexity index is 10200. The van der Waals surface area contributed by atoms with Crippen LogP contribution in [0.1, 0.15) is 159 Å². The highest BCUT2D eigenvalue weighted by molar-refractivity contribution is 6.39. The normalized spacial score (nSPS) is 12.7. The smallest absolute Gasteiger partial charge is 0.143 e. The van der Waals surface area contributed by atoms with E-state index in [9.17, 15) is 0 Å². The largest absolute Gasteiger partial charge is 0.456 e. The van der Waals surface area contributed by atoms with Crippen molar-refractivity contribution in [3.05, 3.63) is 420 Å². The first-order valence-corrected chi connectivity index (χ1v) is 53.2. The number of furan rings is 5. The van der Waals surface area contributed by atoms with Crippen molar-refractivity contribution in [1.29, 1.82) is 0 Å². The van der Waals surface area contributed by atoms with Crippen molar-refractivity contribution in [3.8, 4) is 0 Å². The highest BCUT2D eigenvalue weighted by Gasteiger charge is 2.32. The van der Waals surface area contributed by atoms with E-state index in [4.69, 9.17) is 22.1 Å². The Kier molecular flexibility index (Phi) is 21.3. The zero-order valence-electron chi connectivity index (χ0n) is 89.2. The number of hydrogen-bond donors (Lipinski definition) is 0. The van der Waals surface area contributed by atoms with Crippen LogP contribution in [0, 0.1) is 34.6 Å². The first-order valence-electron chi connectivity index (χ1n) is 53.2. The maximum absolute atomic E-state index is 6.76. The molecule has 30 aromatic rings.